The number of pyridine rings is 1. The van der Waals surface area contributed by atoms with Crippen LogP contribution in [-0.2, 0) is 6.54 Å². The molecule has 0 aliphatic carbocycles. The molecule has 0 atom stereocenters. The molecule has 0 bridgehead atoms. The lowest BCUT2D eigenvalue weighted by Crippen LogP contribution is -2.48. The first-order valence-electron chi connectivity index (χ1n) is 12.1. The lowest BCUT2D eigenvalue weighted by Gasteiger charge is -2.35. The molecule has 0 spiro atoms. The molecule has 3 aromatic carbocycles. The zero-order chi connectivity index (χ0) is 24.5. The van der Waals surface area contributed by atoms with E-state index in [1.807, 2.05) is 71.6 Å². The molecule has 6 rings (SSSR count). The first-order valence-corrected chi connectivity index (χ1v) is 12.1. The molecule has 1 saturated heterocycles. The highest BCUT2D eigenvalue weighted by atomic mass is 16.7. The van der Waals surface area contributed by atoms with Crippen LogP contribution in [0.5, 0.6) is 17.2 Å². The summed E-state index contributed by atoms with van der Waals surface area (Å²) in [6.07, 6.45) is 0. The zero-order valence-corrected chi connectivity index (χ0v) is 20.1. The first-order chi connectivity index (χ1) is 17.7. The van der Waals surface area contributed by atoms with Gasteiger partial charge in [0.2, 0.25) is 6.79 Å². The fourth-order valence-corrected chi connectivity index (χ4v) is 4.86. The molecule has 4 aromatic rings. The normalized spacial score (nSPS) is 15.3. The fraction of sp³-hybridized carbons (Fsp3) is 0.241. The van der Waals surface area contributed by atoms with E-state index in [-0.39, 0.29) is 12.7 Å². The van der Waals surface area contributed by atoms with Crippen molar-refractivity contribution in [3.8, 4) is 28.5 Å². The van der Waals surface area contributed by atoms with Gasteiger partial charge in [-0.1, -0.05) is 36.4 Å². The number of piperazine rings is 1. The lowest BCUT2D eigenvalue weighted by atomic mass is 10.0. The number of benzene rings is 3. The van der Waals surface area contributed by atoms with Crippen molar-refractivity contribution in [2.45, 2.75) is 6.54 Å². The monoisotopic (exact) mass is 481 g/mol. The lowest BCUT2D eigenvalue weighted by molar-refractivity contribution is 0.0630. The van der Waals surface area contributed by atoms with Gasteiger partial charge >= 0.3 is 0 Å². The van der Waals surface area contributed by atoms with Crippen LogP contribution in [0.3, 0.4) is 0 Å². The summed E-state index contributed by atoms with van der Waals surface area (Å²) >= 11 is 0. The highest BCUT2D eigenvalue weighted by Gasteiger charge is 2.25. The molecule has 182 valence electrons. The number of para-hydroxylation sites is 1. The molecule has 3 heterocycles. The molecule has 2 aliphatic heterocycles. The van der Waals surface area contributed by atoms with Crippen molar-refractivity contribution >= 4 is 16.8 Å². The number of rotatable bonds is 5. The van der Waals surface area contributed by atoms with E-state index < -0.39 is 0 Å². The minimum Gasteiger partial charge on any atom is -0.497 e. The second-order valence-corrected chi connectivity index (χ2v) is 9.06. The van der Waals surface area contributed by atoms with Crippen LogP contribution in [0.25, 0.3) is 22.2 Å². The molecule has 0 saturated carbocycles. The van der Waals surface area contributed by atoms with Crippen LogP contribution in [0.2, 0.25) is 0 Å². The summed E-state index contributed by atoms with van der Waals surface area (Å²) in [4.78, 5) is 22.9. The number of nitrogens with zero attached hydrogens (tertiary/aromatic N) is 3. The molecule has 1 amide bonds. The van der Waals surface area contributed by atoms with Gasteiger partial charge in [-0.2, -0.15) is 0 Å². The molecule has 0 unspecified atom stereocenters. The van der Waals surface area contributed by atoms with Crippen LogP contribution in [0.1, 0.15) is 15.9 Å². The number of hydrogen-bond donors (Lipinski definition) is 0. The van der Waals surface area contributed by atoms with Crippen LogP contribution in [0.4, 0.5) is 0 Å². The van der Waals surface area contributed by atoms with Gasteiger partial charge < -0.3 is 19.1 Å². The summed E-state index contributed by atoms with van der Waals surface area (Å²) < 4.78 is 16.3. The van der Waals surface area contributed by atoms with Gasteiger partial charge in [0.15, 0.2) is 11.5 Å². The van der Waals surface area contributed by atoms with E-state index in [0.29, 0.717) is 18.7 Å². The van der Waals surface area contributed by atoms with E-state index in [2.05, 4.69) is 11.0 Å². The van der Waals surface area contributed by atoms with E-state index in [1.165, 1.54) is 5.56 Å². The third-order valence-electron chi connectivity index (χ3n) is 6.81. The molecule has 36 heavy (non-hydrogen) atoms. The molecule has 0 N–H and O–H groups in total. The Labute approximate surface area is 209 Å². The largest absolute Gasteiger partial charge is 0.497 e. The highest BCUT2D eigenvalue weighted by molar-refractivity contribution is 6.07. The third kappa shape index (κ3) is 4.33. The second kappa shape index (κ2) is 9.51. The average molecular weight is 482 g/mol. The molecular formula is C29H27N3O4. The topological polar surface area (TPSA) is 64.1 Å². The van der Waals surface area contributed by atoms with Crippen LogP contribution in [0.15, 0.2) is 72.8 Å². The van der Waals surface area contributed by atoms with Gasteiger partial charge in [-0.3, -0.25) is 9.69 Å². The summed E-state index contributed by atoms with van der Waals surface area (Å²) in [6.45, 7) is 4.07. The number of ether oxygens (including phenoxy) is 3. The van der Waals surface area contributed by atoms with Crippen molar-refractivity contribution in [2.75, 3.05) is 40.1 Å². The maximum Gasteiger partial charge on any atom is 0.254 e. The molecule has 1 aromatic heterocycles. The molecule has 2 aliphatic rings. The second-order valence-electron chi connectivity index (χ2n) is 9.06. The predicted octanol–water partition coefficient (Wildman–Crippen LogP) is 4.60. The van der Waals surface area contributed by atoms with E-state index in [4.69, 9.17) is 19.2 Å². The first kappa shape index (κ1) is 22.4. The Morgan fingerprint density at radius 3 is 2.61 bits per heavy atom. The molecule has 0 radical (unpaired) electrons. The Balaban J connectivity index is 1.21. The smallest absolute Gasteiger partial charge is 0.254 e. The number of hydrogen-bond acceptors (Lipinski definition) is 6. The van der Waals surface area contributed by atoms with Crippen molar-refractivity contribution in [2.24, 2.45) is 0 Å². The van der Waals surface area contributed by atoms with Crippen LogP contribution >= 0.6 is 0 Å². The molecule has 1 fully saturated rings. The summed E-state index contributed by atoms with van der Waals surface area (Å²) in [5.74, 6) is 2.40. The van der Waals surface area contributed by atoms with Crippen LogP contribution in [-0.4, -0.2) is 60.8 Å². The van der Waals surface area contributed by atoms with Crippen molar-refractivity contribution in [3.63, 3.8) is 0 Å². The standard InChI is InChI=1S/C29H27N3O4/c1-34-22-6-4-5-21(16-22)26-17-24(23-7-2-3-8-25(23)30-26)29(33)32-13-11-31(12-14-32)18-20-9-10-27-28(15-20)36-19-35-27/h2-10,15-17H,11-14,18-19H2,1H3. The Morgan fingerprint density at radius 2 is 1.75 bits per heavy atom. The van der Waals surface area contributed by atoms with E-state index in [1.54, 1.807) is 7.11 Å². The maximum atomic E-state index is 13.7. The third-order valence-corrected chi connectivity index (χ3v) is 6.81. The molecule has 7 nitrogen and oxygen atoms in total. The SMILES string of the molecule is COc1cccc(-c2cc(C(=O)N3CCN(Cc4ccc5c(c4)OCO5)CC3)c3ccccc3n2)c1. The number of fused-ring (bicyclic) bond motifs is 2. The quantitative estimate of drug-likeness (QED) is 0.415. The van der Waals surface area contributed by atoms with Crippen molar-refractivity contribution in [3.05, 3.63) is 83.9 Å². The van der Waals surface area contributed by atoms with Gasteiger partial charge in [-0.25, -0.2) is 4.98 Å². The number of carbonyl (C=O) groups is 1. The Hall–Kier alpha value is -4.10. The number of amides is 1. The van der Waals surface area contributed by atoms with Crippen LogP contribution < -0.4 is 14.2 Å². The number of aromatic nitrogens is 1. The maximum absolute atomic E-state index is 13.7. The van der Waals surface area contributed by atoms with Gasteiger partial charge in [-0.15, -0.1) is 0 Å². The summed E-state index contributed by atoms with van der Waals surface area (Å²) in [7, 11) is 1.65. The molecular weight excluding hydrogens is 454 g/mol. The zero-order valence-electron chi connectivity index (χ0n) is 20.1. The van der Waals surface area contributed by atoms with Crippen molar-refractivity contribution in [1.82, 2.24) is 14.8 Å². The van der Waals surface area contributed by atoms with Gasteiger partial charge in [-0.05, 0) is 42.0 Å². The van der Waals surface area contributed by atoms with E-state index in [0.717, 1.165) is 59.0 Å². The van der Waals surface area contributed by atoms with Crippen molar-refractivity contribution < 1.29 is 19.0 Å². The molecule has 7 heteroatoms. The van der Waals surface area contributed by atoms with E-state index in [9.17, 15) is 4.79 Å². The Morgan fingerprint density at radius 1 is 0.917 bits per heavy atom. The average Bonchev–Trinajstić information content (AvgIpc) is 3.40. The highest BCUT2D eigenvalue weighted by Crippen LogP contribution is 2.33. The van der Waals surface area contributed by atoms with Gasteiger partial charge in [0.1, 0.15) is 5.75 Å². The van der Waals surface area contributed by atoms with Gasteiger partial charge in [0.05, 0.1) is 23.9 Å². The Bertz CT molecular complexity index is 1430. The van der Waals surface area contributed by atoms with E-state index >= 15 is 0 Å². The fourth-order valence-electron chi connectivity index (χ4n) is 4.86. The number of carbonyl (C=O) groups excluding carboxylic acids is 1. The van der Waals surface area contributed by atoms with Crippen LogP contribution in [0, 0.1) is 0 Å². The van der Waals surface area contributed by atoms with Gasteiger partial charge in [0.25, 0.3) is 5.91 Å². The predicted molar refractivity (Wildman–Crippen MR) is 137 cm³/mol. The summed E-state index contributed by atoms with van der Waals surface area (Å²) in [5, 5.41) is 0.872. The van der Waals surface area contributed by atoms with Gasteiger partial charge in [0, 0.05) is 43.7 Å². The minimum atomic E-state index is 0.0421. The van der Waals surface area contributed by atoms with Crippen molar-refractivity contribution in [1.29, 1.82) is 0 Å². The summed E-state index contributed by atoms with van der Waals surface area (Å²) in [5.41, 5.74) is 4.35. The summed E-state index contributed by atoms with van der Waals surface area (Å²) in [6, 6.07) is 23.6. The Kier molecular flexibility index (Phi) is 5.91. The number of methoxy groups -OCH3 is 1. The minimum absolute atomic E-state index is 0.0421.